The van der Waals surface area contributed by atoms with E-state index in [2.05, 4.69) is 28.5 Å². The van der Waals surface area contributed by atoms with Crippen molar-refractivity contribution in [2.45, 2.75) is 66.7 Å². The third kappa shape index (κ3) is 6.25. The molecule has 8 nitrogen and oxygen atoms in total. The molecular formula is C29H37N5O3. The Kier molecular flexibility index (Phi) is 8.06. The second-order valence-electron chi connectivity index (χ2n) is 9.72. The maximum atomic E-state index is 10.8. The number of hydrogen-bond acceptors (Lipinski definition) is 6. The molecule has 0 amide bonds. The second-order valence-corrected chi connectivity index (χ2v) is 9.72. The van der Waals surface area contributed by atoms with Crippen molar-refractivity contribution in [3.63, 3.8) is 0 Å². The van der Waals surface area contributed by atoms with Gasteiger partial charge < -0.3 is 19.9 Å². The van der Waals surface area contributed by atoms with Crippen LogP contribution in [-0.2, 0) is 0 Å². The minimum absolute atomic E-state index is 0.0579. The number of benzene rings is 2. The highest BCUT2D eigenvalue weighted by Crippen LogP contribution is 2.30. The van der Waals surface area contributed by atoms with Crippen molar-refractivity contribution >= 4 is 5.65 Å². The fourth-order valence-corrected chi connectivity index (χ4v) is 4.00. The molecule has 2 heterocycles. The fourth-order valence-electron chi connectivity index (χ4n) is 4.00. The molecule has 0 fully saturated rings. The highest BCUT2D eigenvalue weighted by atomic mass is 16.5. The molecule has 1 atom stereocenters. The van der Waals surface area contributed by atoms with Crippen LogP contribution in [0.1, 0.15) is 67.2 Å². The summed E-state index contributed by atoms with van der Waals surface area (Å²) in [5.41, 5.74) is 4.82. The largest absolute Gasteiger partial charge is 0.507 e. The lowest BCUT2D eigenvalue weighted by Gasteiger charge is -2.18. The maximum Gasteiger partial charge on any atom is 0.231 e. The van der Waals surface area contributed by atoms with E-state index in [0.717, 1.165) is 35.4 Å². The number of aliphatic hydroxyl groups excluding tert-OH is 1. The Morgan fingerprint density at radius 1 is 1.08 bits per heavy atom. The Morgan fingerprint density at radius 3 is 2.51 bits per heavy atom. The van der Waals surface area contributed by atoms with Gasteiger partial charge in [-0.3, -0.25) is 5.10 Å². The number of fused-ring (bicyclic) bond motifs is 1. The Bertz CT molecular complexity index is 1380. The molecule has 8 heteroatoms. The van der Waals surface area contributed by atoms with Gasteiger partial charge in [0.1, 0.15) is 11.5 Å². The quantitative estimate of drug-likeness (QED) is 0.195. The first-order valence-electron chi connectivity index (χ1n) is 12.9. The molecule has 2 aromatic carbocycles. The summed E-state index contributed by atoms with van der Waals surface area (Å²) >= 11 is 0. The summed E-state index contributed by atoms with van der Waals surface area (Å²) in [5, 5.41) is 21.9. The van der Waals surface area contributed by atoms with Crippen LogP contribution in [-0.4, -0.2) is 31.5 Å². The van der Waals surface area contributed by atoms with Crippen LogP contribution in [0.4, 0.5) is 0 Å². The van der Waals surface area contributed by atoms with Crippen molar-refractivity contribution in [3.05, 3.63) is 82.3 Å². The number of hydrogen-bond donors (Lipinski definition) is 3. The molecule has 196 valence electrons. The lowest BCUT2D eigenvalue weighted by Crippen LogP contribution is -2.25. The molecular weight excluding hydrogens is 466 g/mol. The van der Waals surface area contributed by atoms with Gasteiger partial charge in [-0.25, -0.2) is 4.98 Å². The first-order valence-corrected chi connectivity index (χ1v) is 12.9. The predicted octanol–water partition coefficient (Wildman–Crippen LogP) is 6.77. The number of aryl methyl sites for hydroxylation is 4. The molecule has 0 spiro atoms. The third-order valence-electron chi connectivity index (χ3n) is 6.26. The van der Waals surface area contributed by atoms with Gasteiger partial charge in [-0.15, -0.1) is 9.73 Å². The number of aromatic amines is 1. The number of nitrogens with one attached hydrogen (secondary N) is 2. The van der Waals surface area contributed by atoms with Gasteiger partial charge in [-0.2, -0.15) is 0 Å². The lowest BCUT2D eigenvalue weighted by atomic mass is 10.1. The van der Waals surface area contributed by atoms with Crippen molar-refractivity contribution in [2.75, 3.05) is 6.54 Å². The van der Waals surface area contributed by atoms with E-state index in [0.29, 0.717) is 41.8 Å². The van der Waals surface area contributed by atoms with Crippen molar-refractivity contribution in [1.82, 2.24) is 25.1 Å². The number of allylic oxidation sites excluding steroid dienone is 1. The number of ether oxygens (including phenoxy) is 2. The summed E-state index contributed by atoms with van der Waals surface area (Å²) in [6.07, 6.45) is 2.40. The van der Waals surface area contributed by atoms with Crippen molar-refractivity contribution < 1.29 is 14.6 Å². The Balaban J connectivity index is 1.51. The topological polar surface area (TPSA) is 96.7 Å². The van der Waals surface area contributed by atoms with E-state index >= 15 is 0 Å². The monoisotopic (exact) mass is 503 g/mol. The normalized spacial score (nSPS) is 12.9. The standard InChI is InChI=1S/C29H37N5O3/c1-7-8-9-24(35)29(37-25-15-12-19(3)16-20(25)4)30-17-21(5)27-31-28-26(22(6)32-34(28)33-27)36-23-13-10-18(2)11-14-23/h10-16,21,30,32,35H,7-9,17H2,1-6H3/b29-24-. The van der Waals surface area contributed by atoms with Crippen LogP contribution in [0, 0.1) is 27.7 Å². The van der Waals surface area contributed by atoms with Gasteiger partial charge in [-0.1, -0.05) is 55.7 Å². The summed E-state index contributed by atoms with van der Waals surface area (Å²) in [6, 6.07) is 13.9. The van der Waals surface area contributed by atoms with Crippen molar-refractivity contribution in [3.8, 4) is 17.2 Å². The summed E-state index contributed by atoms with van der Waals surface area (Å²) in [7, 11) is 0. The minimum Gasteiger partial charge on any atom is -0.507 e. The zero-order chi connectivity index (χ0) is 26.5. The van der Waals surface area contributed by atoms with E-state index < -0.39 is 0 Å². The number of unbranched alkanes of at least 4 members (excludes halogenated alkanes) is 1. The van der Waals surface area contributed by atoms with E-state index in [1.165, 1.54) is 5.56 Å². The number of aliphatic hydroxyl groups is 1. The highest BCUT2D eigenvalue weighted by Gasteiger charge is 2.20. The molecule has 1 unspecified atom stereocenters. The molecule has 0 bridgehead atoms. The summed E-state index contributed by atoms with van der Waals surface area (Å²) < 4.78 is 13.9. The van der Waals surface area contributed by atoms with Gasteiger partial charge in [-0.05, 0) is 57.9 Å². The molecule has 4 aromatic rings. The highest BCUT2D eigenvalue weighted by molar-refractivity contribution is 5.57. The third-order valence-corrected chi connectivity index (χ3v) is 6.26. The molecule has 0 saturated heterocycles. The maximum absolute atomic E-state index is 10.8. The molecule has 3 N–H and O–H groups in total. The van der Waals surface area contributed by atoms with Gasteiger partial charge in [0.2, 0.25) is 11.5 Å². The van der Waals surface area contributed by atoms with Crippen LogP contribution in [0.5, 0.6) is 17.2 Å². The molecule has 2 aromatic heterocycles. The Hall–Kier alpha value is -3.94. The van der Waals surface area contributed by atoms with E-state index in [4.69, 9.17) is 14.5 Å². The minimum atomic E-state index is -0.0579. The summed E-state index contributed by atoms with van der Waals surface area (Å²) in [6.45, 7) is 12.6. The van der Waals surface area contributed by atoms with Gasteiger partial charge in [0.05, 0.1) is 5.69 Å². The first-order chi connectivity index (χ1) is 17.7. The molecule has 0 aliphatic heterocycles. The van der Waals surface area contributed by atoms with Gasteiger partial charge in [0, 0.05) is 18.9 Å². The van der Waals surface area contributed by atoms with Crippen LogP contribution >= 0.6 is 0 Å². The van der Waals surface area contributed by atoms with Crippen molar-refractivity contribution in [2.24, 2.45) is 0 Å². The molecule has 0 aliphatic rings. The Labute approximate surface area is 218 Å². The van der Waals surface area contributed by atoms with Crippen LogP contribution in [0.25, 0.3) is 5.65 Å². The van der Waals surface area contributed by atoms with Gasteiger partial charge in [0.25, 0.3) is 0 Å². The van der Waals surface area contributed by atoms with Gasteiger partial charge in [0.15, 0.2) is 17.3 Å². The van der Waals surface area contributed by atoms with Gasteiger partial charge >= 0.3 is 0 Å². The van der Waals surface area contributed by atoms with Crippen LogP contribution in [0.2, 0.25) is 0 Å². The lowest BCUT2D eigenvalue weighted by molar-refractivity contribution is 0.291. The summed E-state index contributed by atoms with van der Waals surface area (Å²) in [4.78, 5) is 4.76. The van der Waals surface area contributed by atoms with Crippen molar-refractivity contribution in [1.29, 1.82) is 0 Å². The number of aromatic nitrogens is 4. The predicted molar refractivity (Wildman–Crippen MR) is 145 cm³/mol. The van der Waals surface area contributed by atoms with E-state index in [9.17, 15) is 5.11 Å². The zero-order valence-electron chi connectivity index (χ0n) is 22.6. The average molecular weight is 504 g/mol. The van der Waals surface area contributed by atoms with Crippen LogP contribution in [0.3, 0.4) is 0 Å². The number of nitrogens with zero attached hydrogens (tertiary/aromatic N) is 3. The van der Waals surface area contributed by atoms with Crippen LogP contribution in [0.15, 0.2) is 54.1 Å². The first kappa shape index (κ1) is 26.1. The average Bonchev–Trinajstić information content (AvgIpc) is 3.40. The van der Waals surface area contributed by atoms with Crippen LogP contribution < -0.4 is 14.8 Å². The van der Waals surface area contributed by atoms with E-state index in [-0.39, 0.29) is 11.7 Å². The molecule has 0 radical (unpaired) electrons. The Morgan fingerprint density at radius 2 is 1.81 bits per heavy atom. The van der Waals surface area contributed by atoms with E-state index in [1.807, 2.05) is 71.0 Å². The SMILES string of the molecule is CCCC/C(O)=C(\NCC(C)c1nc2c(Oc3ccc(C)cc3)c(C)[nH]n2n1)Oc1ccc(C)cc1C. The van der Waals surface area contributed by atoms with E-state index in [1.54, 1.807) is 4.63 Å². The molecule has 37 heavy (non-hydrogen) atoms. The molecule has 4 rings (SSSR count). The zero-order valence-corrected chi connectivity index (χ0v) is 22.6. The number of H-pyrrole nitrogens is 1. The smallest absolute Gasteiger partial charge is 0.231 e. The fraction of sp³-hybridized carbons (Fsp3) is 0.379. The number of rotatable bonds is 11. The summed E-state index contributed by atoms with van der Waals surface area (Å²) in [5.74, 6) is 3.29. The second kappa shape index (κ2) is 11.4. The molecule has 0 saturated carbocycles. The molecule has 0 aliphatic carbocycles.